The second-order valence-corrected chi connectivity index (χ2v) is 7.04. The van der Waals surface area contributed by atoms with Crippen LogP contribution in [0.4, 0.5) is 4.39 Å². The van der Waals surface area contributed by atoms with E-state index in [0.717, 1.165) is 31.7 Å². The van der Waals surface area contributed by atoms with E-state index in [-0.39, 0.29) is 10.9 Å². The van der Waals surface area contributed by atoms with E-state index in [1.807, 2.05) is 0 Å². The molecule has 1 fully saturated rings. The highest BCUT2D eigenvalue weighted by Gasteiger charge is 2.32. The number of hydrogen-bond donors (Lipinski definition) is 1. The number of benzene rings is 1. The molecule has 1 aromatic rings. The van der Waals surface area contributed by atoms with Crippen molar-refractivity contribution in [3.8, 4) is 0 Å². The van der Waals surface area contributed by atoms with Crippen LogP contribution in [0.2, 0.25) is 0 Å². The zero-order chi connectivity index (χ0) is 14.6. The molecule has 20 heavy (non-hydrogen) atoms. The van der Waals surface area contributed by atoms with Crippen LogP contribution in [0.1, 0.15) is 32.1 Å². The van der Waals surface area contributed by atoms with Gasteiger partial charge >= 0.3 is 0 Å². The van der Waals surface area contributed by atoms with Crippen LogP contribution < -0.4 is 5.73 Å². The van der Waals surface area contributed by atoms with Crippen LogP contribution in [-0.4, -0.2) is 31.9 Å². The van der Waals surface area contributed by atoms with E-state index in [0.29, 0.717) is 19.5 Å². The second kappa shape index (κ2) is 6.65. The number of hydrogen-bond acceptors (Lipinski definition) is 3. The molecule has 2 N–H and O–H groups in total. The minimum atomic E-state index is -3.64. The lowest BCUT2D eigenvalue weighted by Crippen LogP contribution is -2.40. The molecule has 0 aliphatic heterocycles. The normalized spacial score (nSPS) is 16.9. The van der Waals surface area contributed by atoms with Crippen molar-refractivity contribution in [1.29, 1.82) is 0 Å². The van der Waals surface area contributed by atoms with Gasteiger partial charge in [-0.15, -0.1) is 0 Å². The van der Waals surface area contributed by atoms with Crippen molar-refractivity contribution in [2.24, 2.45) is 5.73 Å². The van der Waals surface area contributed by atoms with E-state index in [9.17, 15) is 12.8 Å². The molecule has 2 rings (SSSR count). The highest BCUT2D eigenvalue weighted by molar-refractivity contribution is 7.89. The Morgan fingerprint density at radius 3 is 2.60 bits per heavy atom. The molecule has 0 heterocycles. The van der Waals surface area contributed by atoms with Crippen molar-refractivity contribution in [3.63, 3.8) is 0 Å². The zero-order valence-electron chi connectivity index (χ0n) is 11.5. The lowest BCUT2D eigenvalue weighted by molar-refractivity contribution is 0.320. The number of nitrogens with zero attached hydrogens (tertiary/aromatic N) is 1. The Morgan fingerprint density at radius 2 is 2.00 bits per heavy atom. The molecule has 0 atom stereocenters. The summed E-state index contributed by atoms with van der Waals surface area (Å²) >= 11 is 0. The smallest absolute Gasteiger partial charge is 0.243 e. The standard InChI is InChI=1S/C14H21FN2O2S/c15-12-5-3-8-14(11-12)20(18,19)17(10-4-9-16)13-6-1-2-7-13/h3,5,8,11,13H,1-2,4,6-7,9-10,16H2. The molecular weight excluding hydrogens is 279 g/mol. The maximum atomic E-state index is 13.3. The first-order valence-corrected chi connectivity index (χ1v) is 8.47. The third kappa shape index (κ3) is 3.37. The van der Waals surface area contributed by atoms with Crippen molar-refractivity contribution in [1.82, 2.24) is 4.31 Å². The summed E-state index contributed by atoms with van der Waals surface area (Å²) in [5.41, 5.74) is 5.50. The van der Waals surface area contributed by atoms with E-state index in [2.05, 4.69) is 0 Å². The Hall–Kier alpha value is -0.980. The highest BCUT2D eigenvalue weighted by Crippen LogP contribution is 2.29. The predicted molar refractivity (Wildman–Crippen MR) is 76.2 cm³/mol. The van der Waals surface area contributed by atoms with E-state index >= 15 is 0 Å². The molecule has 0 spiro atoms. The van der Waals surface area contributed by atoms with Crippen molar-refractivity contribution >= 4 is 10.0 Å². The van der Waals surface area contributed by atoms with Gasteiger partial charge in [-0.2, -0.15) is 4.31 Å². The summed E-state index contributed by atoms with van der Waals surface area (Å²) < 4.78 is 40.2. The van der Waals surface area contributed by atoms with Gasteiger partial charge in [0.05, 0.1) is 4.90 Å². The van der Waals surface area contributed by atoms with Crippen LogP contribution in [-0.2, 0) is 10.0 Å². The van der Waals surface area contributed by atoms with Gasteiger partial charge in [-0.3, -0.25) is 0 Å². The summed E-state index contributed by atoms with van der Waals surface area (Å²) in [5.74, 6) is -0.531. The fourth-order valence-corrected chi connectivity index (χ4v) is 4.46. The number of nitrogens with two attached hydrogens (primary N) is 1. The molecule has 0 unspecified atom stereocenters. The SMILES string of the molecule is NCCCN(C1CCCC1)S(=O)(=O)c1cccc(F)c1. The monoisotopic (exact) mass is 300 g/mol. The average molecular weight is 300 g/mol. The summed E-state index contributed by atoms with van der Waals surface area (Å²) in [5, 5.41) is 0. The average Bonchev–Trinajstić information content (AvgIpc) is 2.93. The van der Waals surface area contributed by atoms with Crippen LogP contribution in [0.15, 0.2) is 29.2 Å². The van der Waals surface area contributed by atoms with E-state index < -0.39 is 15.8 Å². The van der Waals surface area contributed by atoms with Crippen molar-refractivity contribution in [2.75, 3.05) is 13.1 Å². The molecule has 4 nitrogen and oxygen atoms in total. The van der Waals surface area contributed by atoms with Gasteiger partial charge in [0, 0.05) is 12.6 Å². The molecule has 112 valence electrons. The van der Waals surface area contributed by atoms with Crippen molar-refractivity contribution < 1.29 is 12.8 Å². The van der Waals surface area contributed by atoms with Crippen LogP contribution in [0, 0.1) is 5.82 Å². The Labute approximate surface area is 119 Å². The summed E-state index contributed by atoms with van der Waals surface area (Å²) in [7, 11) is -3.64. The quantitative estimate of drug-likeness (QED) is 0.875. The van der Waals surface area contributed by atoms with Crippen LogP contribution >= 0.6 is 0 Å². The molecule has 1 aromatic carbocycles. The van der Waals surface area contributed by atoms with Crippen LogP contribution in [0.5, 0.6) is 0 Å². The zero-order valence-corrected chi connectivity index (χ0v) is 12.3. The maximum absolute atomic E-state index is 13.3. The van der Waals surface area contributed by atoms with Gasteiger partial charge in [0.1, 0.15) is 5.82 Å². The topological polar surface area (TPSA) is 63.4 Å². The first kappa shape index (κ1) is 15.4. The molecule has 0 saturated heterocycles. The molecule has 1 saturated carbocycles. The summed E-state index contributed by atoms with van der Waals surface area (Å²) in [6, 6.07) is 5.23. The van der Waals surface area contributed by atoms with Gasteiger partial charge in [0.25, 0.3) is 0 Å². The highest BCUT2D eigenvalue weighted by atomic mass is 32.2. The van der Waals surface area contributed by atoms with E-state index in [1.54, 1.807) is 0 Å². The fourth-order valence-electron chi connectivity index (χ4n) is 2.70. The molecule has 0 radical (unpaired) electrons. The fraction of sp³-hybridized carbons (Fsp3) is 0.571. The van der Waals surface area contributed by atoms with Crippen LogP contribution in [0.3, 0.4) is 0 Å². The molecule has 6 heteroatoms. The van der Waals surface area contributed by atoms with Gasteiger partial charge in [-0.25, -0.2) is 12.8 Å². The molecular formula is C14H21FN2O2S. The Bertz CT molecular complexity index is 542. The maximum Gasteiger partial charge on any atom is 0.243 e. The molecule has 0 bridgehead atoms. The molecule has 1 aliphatic carbocycles. The molecule has 0 amide bonds. The molecule has 0 aromatic heterocycles. The number of sulfonamides is 1. The summed E-state index contributed by atoms with van der Waals surface area (Å²) in [4.78, 5) is 0.0291. The largest absolute Gasteiger partial charge is 0.330 e. The van der Waals surface area contributed by atoms with E-state index in [1.165, 1.54) is 22.5 Å². The van der Waals surface area contributed by atoms with Gasteiger partial charge in [0.2, 0.25) is 10.0 Å². The van der Waals surface area contributed by atoms with Gasteiger partial charge < -0.3 is 5.73 Å². The lowest BCUT2D eigenvalue weighted by atomic mass is 10.2. The van der Waals surface area contributed by atoms with Gasteiger partial charge in [-0.1, -0.05) is 18.9 Å². The first-order valence-electron chi connectivity index (χ1n) is 7.03. The third-order valence-electron chi connectivity index (χ3n) is 3.72. The molecule has 1 aliphatic rings. The predicted octanol–water partition coefficient (Wildman–Crippen LogP) is 2.11. The van der Waals surface area contributed by atoms with Crippen molar-refractivity contribution in [2.45, 2.75) is 43.0 Å². The third-order valence-corrected chi connectivity index (χ3v) is 5.67. The minimum absolute atomic E-state index is 0.0230. The summed E-state index contributed by atoms with van der Waals surface area (Å²) in [6.07, 6.45) is 4.45. The second-order valence-electron chi connectivity index (χ2n) is 5.15. The number of rotatable bonds is 6. The summed E-state index contributed by atoms with van der Waals surface area (Å²) in [6.45, 7) is 0.849. The van der Waals surface area contributed by atoms with Gasteiger partial charge in [-0.05, 0) is 44.0 Å². The van der Waals surface area contributed by atoms with E-state index in [4.69, 9.17) is 5.73 Å². The lowest BCUT2D eigenvalue weighted by Gasteiger charge is -2.28. The van der Waals surface area contributed by atoms with Crippen molar-refractivity contribution in [3.05, 3.63) is 30.1 Å². The minimum Gasteiger partial charge on any atom is -0.330 e. The Kier molecular flexibility index (Phi) is 5.12. The Balaban J connectivity index is 2.30. The first-order chi connectivity index (χ1) is 9.55. The number of halogens is 1. The van der Waals surface area contributed by atoms with Gasteiger partial charge in [0.15, 0.2) is 0 Å². The Morgan fingerprint density at radius 1 is 1.30 bits per heavy atom. The van der Waals surface area contributed by atoms with Crippen LogP contribution in [0.25, 0.3) is 0 Å².